The van der Waals surface area contributed by atoms with Crippen LogP contribution < -0.4 is 19.7 Å². The summed E-state index contributed by atoms with van der Waals surface area (Å²) in [4.78, 5) is 2.49. The molecule has 5 rings (SSSR count). The van der Waals surface area contributed by atoms with Gasteiger partial charge in [-0.15, -0.1) is 0 Å². The van der Waals surface area contributed by atoms with Crippen molar-refractivity contribution in [1.82, 2.24) is 5.32 Å². The average Bonchev–Trinajstić information content (AvgIpc) is 3.07. The third-order valence-corrected chi connectivity index (χ3v) is 12.0. The Kier molecular flexibility index (Phi) is 11.9. The maximum atomic E-state index is 14.5. The molecular weight excluding hydrogens is 621 g/mol. The van der Waals surface area contributed by atoms with Crippen molar-refractivity contribution < 1.29 is 27.4 Å². The van der Waals surface area contributed by atoms with Crippen LogP contribution in [0, 0.1) is 6.92 Å². The molecule has 0 aromatic heterocycles. The van der Waals surface area contributed by atoms with Crippen LogP contribution in [0.2, 0.25) is 0 Å². The van der Waals surface area contributed by atoms with Gasteiger partial charge in [0.1, 0.15) is 18.1 Å². The third kappa shape index (κ3) is 8.20. The van der Waals surface area contributed by atoms with E-state index in [9.17, 15) is 8.42 Å². The molecule has 0 spiro atoms. The van der Waals surface area contributed by atoms with E-state index in [2.05, 4.69) is 35.5 Å². The number of benzene rings is 3. The Labute approximate surface area is 279 Å². The van der Waals surface area contributed by atoms with Gasteiger partial charge in [-0.2, -0.15) is 11.8 Å². The molecule has 2 heterocycles. The molecule has 1 unspecified atom stereocenters. The van der Waals surface area contributed by atoms with Crippen LogP contribution in [0.3, 0.4) is 0 Å². The highest BCUT2D eigenvalue weighted by atomic mass is 32.2. The number of hydrogen-bond acceptors (Lipinski definition) is 9. The molecule has 0 radical (unpaired) electrons. The SMILES string of the molecule is COCCCN1CCOc2ccc(C(O[C@H]3CN[C@@H](C[C@@H](C)SC)C[C@@H]3c3ccc(OC)cc3)S(=O)(=O)c3ccc(C)cc3)cc21. The Morgan fingerprint density at radius 1 is 1.07 bits per heavy atom. The van der Waals surface area contributed by atoms with Gasteiger partial charge in [-0.05, 0) is 80.0 Å². The highest BCUT2D eigenvalue weighted by molar-refractivity contribution is 7.99. The maximum absolute atomic E-state index is 14.5. The average molecular weight is 669 g/mol. The van der Waals surface area contributed by atoms with Crippen molar-refractivity contribution >= 4 is 27.3 Å². The molecule has 0 amide bonds. The van der Waals surface area contributed by atoms with Crippen LogP contribution in [-0.2, 0) is 19.3 Å². The fraction of sp³-hybridized carbons (Fsp3) is 0.500. The Morgan fingerprint density at radius 2 is 1.83 bits per heavy atom. The summed E-state index contributed by atoms with van der Waals surface area (Å²) in [6.07, 6.45) is 4.47. The number of nitrogens with zero attached hydrogens (tertiary/aromatic N) is 1. The predicted octanol–water partition coefficient (Wildman–Crippen LogP) is 6.38. The first-order valence-corrected chi connectivity index (χ1v) is 18.9. The molecule has 250 valence electrons. The number of anilines is 1. The molecule has 1 N–H and O–H groups in total. The van der Waals surface area contributed by atoms with E-state index in [-0.39, 0.29) is 16.9 Å². The molecule has 5 atom stereocenters. The van der Waals surface area contributed by atoms with Gasteiger partial charge in [0.2, 0.25) is 9.84 Å². The number of thioether (sulfide) groups is 1. The normalized spacial score (nSPS) is 21.2. The summed E-state index contributed by atoms with van der Waals surface area (Å²) in [5, 5.41) is 4.21. The zero-order valence-electron chi connectivity index (χ0n) is 27.6. The van der Waals surface area contributed by atoms with E-state index in [4.69, 9.17) is 18.9 Å². The second-order valence-corrected chi connectivity index (χ2v) is 15.5. The highest BCUT2D eigenvalue weighted by Crippen LogP contribution is 2.42. The number of ether oxygens (including phenoxy) is 4. The Morgan fingerprint density at radius 3 is 2.52 bits per heavy atom. The smallest absolute Gasteiger partial charge is 0.209 e. The first-order chi connectivity index (χ1) is 22.2. The van der Waals surface area contributed by atoms with Crippen LogP contribution in [-0.4, -0.2) is 79.1 Å². The topological polar surface area (TPSA) is 86.3 Å². The minimum absolute atomic E-state index is 0.00608. The van der Waals surface area contributed by atoms with Gasteiger partial charge < -0.3 is 29.2 Å². The zero-order valence-corrected chi connectivity index (χ0v) is 29.2. The van der Waals surface area contributed by atoms with E-state index in [1.54, 1.807) is 26.4 Å². The number of fused-ring (bicyclic) bond motifs is 1. The number of aryl methyl sites for hydroxylation is 1. The van der Waals surface area contributed by atoms with Crippen LogP contribution in [0.15, 0.2) is 71.6 Å². The number of rotatable bonds is 14. The Balaban J connectivity index is 1.53. The number of piperidine rings is 1. The highest BCUT2D eigenvalue weighted by Gasteiger charge is 2.39. The number of methoxy groups -OCH3 is 2. The molecule has 8 nitrogen and oxygen atoms in total. The molecule has 0 saturated carbocycles. The molecule has 3 aromatic carbocycles. The van der Waals surface area contributed by atoms with Gasteiger partial charge in [0.25, 0.3) is 0 Å². The number of sulfone groups is 1. The second kappa shape index (κ2) is 15.9. The van der Waals surface area contributed by atoms with Crippen molar-refractivity contribution in [2.45, 2.75) is 66.8 Å². The fourth-order valence-electron chi connectivity index (χ4n) is 6.40. The summed E-state index contributed by atoms with van der Waals surface area (Å²) in [6, 6.07) is 21.1. The van der Waals surface area contributed by atoms with Crippen molar-refractivity contribution in [3.05, 3.63) is 83.4 Å². The molecule has 0 aliphatic carbocycles. The molecule has 2 aliphatic heterocycles. The van der Waals surface area contributed by atoms with Crippen molar-refractivity contribution in [1.29, 1.82) is 0 Å². The zero-order chi connectivity index (χ0) is 32.7. The van der Waals surface area contributed by atoms with Crippen LogP contribution in [0.1, 0.15) is 54.2 Å². The third-order valence-electron chi connectivity index (χ3n) is 9.08. The van der Waals surface area contributed by atoms with Crippen LogP contribution in [0.4, 0.5) is 5.69 Å². The van der Waals surface area contributed by atoms with Crippen molar-refractivity contribution in [2.24, 2.45) is 0 Å². The van der Waals surface area contributed by atoms with Crippen molar-refractivity contribution in [3.8, 4) is 11.5 Å². The fourth-order valence-corrected chi connectivity index (χ4v) is 8.38. The van der Waals surface area contributed by atoms with Gasteiger partial charge in [0.05, 0.1) is 30.3 Å². The largest absolute Gasteiger partial charge is 0.497 e. The summed E-state index contributed by atoms with van der Waals surface area (Å²) < 4.78 is 52.7. The van der Waals surface area contributed by atoms with Crippen LogP contribution in [0.5, 0.6) is 11.5 Å². The number of nitrogens with one attached hydrogen (secondary N) is 1. The summed E-state index contributed by atoms with van der Waals surface area (Å²) in [7, 11) is -0.577. The summed E-state index contributed by atoms with van der Waals surface area (Å²) in [5.41, 5.74) is 2.37. The second-order valence-electron chi connectivity index (χ2n) is 12.3. The minimum Gasteiger partial charge on any atom is -0.497 e. The van der Waals surface area contributed by atoms with Gasteiger partial charge in [-0.25, -0.2) is 8.42 Å². The molecule has 0 bridgehead atoms. The van der Waals surface area contributed by atoms with E-state index in [1.807, 2.05) is 61.2 Å². The quantitative estimate of drug-likeness (QED) is 0.197. The molecule has 1 saturated heterocycles. The summed E-state index contributed by atoms with van der Waals surface area (Å²) in [6.45, 7) is 7.48. The lowest BCUT2D eigenvalue weighted by Gasteiger charge is -2.40. The lowest BCUT2D eigenvalue weighted by atomic mass is 9.83. The van der Waals surface area contributed by atoms with Crippen molar-refractivity contribution in [2.75, 3.05) is 58.2 Å². The predicted molar refractivity (Wildman–Crippen MR) is 186 cm³/mol. The lowest BCUT2D eigenvalue weighted by Crippen LogP contribution is -2.48. The van der Waals surface area contributed by atoms with Gasteiger partial charge >= 0.3 is 0 Å². The minimum atomic E-state index is -3.94. The van der Waals surface area contributed by atoms with Gasteiger partial charge in [0.15, 0.2) is 5.44 Å². The molecule has 1 fully saturated rings. The molecule has 2 aliphatic rings. The molecule has 3 aromatic rings. The van der Waals surface area contributed by atoms with E-state index >= 15 is 0 Å². The Hall–Kier alpha value is -2.76. The van der Waals surface area contributed by atoms with Gasteiger partial charge in [-0.3, -0.25) is 0 Å². The monoisotopic (exact) mass is 668 g/mol. The van der Waals surface area contributed by atoms with Crippen LogP contribution in [0.25, 0.3) is 0 Å². The summed E-state index contributed by atoms with van der Waals surface area (Å²) in [5.74, 6) is 1.53. The molecule has 46 heavy (non-hydrogen) atoms. The standard InChI is InChI=1S/C36H48N2O6S2/c1-25-7-14-31(15-8-25)46(39,40)36(28-11-16-34-33(22-28)38(18-20-43-34)17-6-19-41-3)44-35-24-37-29(21-26(2)45-5)23-32(35)27-9-12-30(42-4)13-10-27/h7-16,22,26,29,32,35-37H,6,17-21,23-24H2,1-5H3/t26-,29+,32-,35+,36?/m1/s1. The Bertz CT molecular complexity index is 1520. The lowest BCUT2D eigenvalue weighted by molar-refractivity contribution is -0.00659. The van der Waals surface area contributed by atoms with E-state index in [0.717, 1.165) is 60.7 Å². The van der Waals surface area contributed by atoms with Crippen LogP contribution >= 0.6 is 11.8 Å². The maximum Gasteiger partial charge on any atom is 0.209 e. The molecular formula is C36H48N2O6S2. The van der Waals surface area contributed by atoms with Gasteiger partial charge in [0, 0.05) is 44.0 Å². The van der Waals surface area contributed by atoms with E-state index in [0.29, 0.717) is 36.6 Å². The van der Waals surface area contributed by atoms with Crippen molar-refractivity contribution in [3.63, 3.8) is 0 Å². The first-order valence-electron chi connectivity index (χ1n) is 16.1. The van der Waals surface area contributed by atoms with E-state index in [1.165, 1.54) is 0 Å². The first kappa shape index (κ1) is 34.6. The summed E-state index contributed by atoms with van der Waals surface area (Å²) >= 11 is 1.86. The number of hydrogen-bond donors (Lipinski definition) is 1. The molecule has 10 heteroatoms. The van der Waals surface area contributed by atoms with Gasteiger partial charge in [-0.1, -0.05) is 42.8 Å². The van der Waals surface area contributed by atoms with E-state index < -0.39 is 15.3 Å².